The maximum absolute atomic E-state index is 13.9. The van der Waals surface area contributed by atoms with E-state index in [4.69, 9.17) is 5.26 Å². The Hall–Kier alpha value is -2.10. The molecule has 3 unspecified atom stereocenters. The lowest BCUT2D eigenvalue weighted by molar-refractivity contribution is -0.573. The Kier molecular flexibility index (Phi) is 8.75. The van der Waals surface area contributed by atoms with Crippen LogP contribution in [-0.4, -0.2) is 67.0 Å². The molecule has 0 radical (unpaired) electrons. The molecule has 25 heteroatoms. The molecule has 0 N–H and O–H groups in total. The highest BCUT2D eigenvalue weighted by Gasteiger charge is 2.86. The molecular weight excluding hydrogens is 605 g/mol. The number of ether oxygens (including phenoxy) is 3. The van der Waals surface area contributed by atoms with Crippen molar-refractivity contribution in [2.75, 3.05) is 6.67 Å². The molecule has 4 nitrogen and oxygen atoms in total. The number of halogens is 21. The van der Waals surface area contributed by atoms with Crippen LogP contribution in [0, 0.1) is 11.3 Å². The second kappa shape index (κ2) is 9.27. The van der Waals surface area contributed by atoms with E-state index >= 15 is 0 Å². The van der Waals surface area contributed by atoms with Crippen LogP contribution in [0.2, 0.25) is 0 Å². The first-order valence-electron chi connectivity index (χ1n) is 7.60. The Morgan fingerprint density at radius 2 is 0.757 bits per heavy atom. The van der Waals surface area contributed by atoms with Gasteiger partial charge in [-0.3, -0.25) is 14.2 Å². The van der Waals surface area contributed by atoms with Crippen molar-refractivity contribution in [3.05, 3.63) is 0 Å². The van der Waals surface area contributed by atoms with Gasteiger partial charge in [0.1, 0.15) is 6.07 Å². The molecule has 0 aliphatic carbocycles. The molecular formula is C12H2F21NO3. The van der Waals surface area contributed by atoms with Gasteiger partial charge in [0.15, 0.2) is 6.67 Å². The van der Waals surface area contributed by atoms with Crippen molar-refractivity contribution in [3.8, 4) is 6.07 Å². The highest BCUT2D eigenvalue weighted by Crippen LogP contribution is 2.58. The number of rotatable bonds is 10. The van der Waals surface area contributed by atoms with Crippen LogP contribution in [-0.2, 0) is 14.2 Å². The van der Waals surface area contributed by atoms with Crippen LogP contribution >= 0.6 is 0 Å². The molecule has 0 saturated heterocycles. The minimum Gasteiger partial charge on any atom is -0.263 e. The highest BCUT2D eigenvalue weighted by atomic mass is 19.4. The number of nitrogens with zero attached hydrogens (tertiary/aromatic N) is 1. The van der Waals surface area contributed by atoms with E-state index in [0.717, 1.165) is 0 Å². The summed E-state index contributed by atoms with van der Waals surface area (Å²) in [7, 11) is 0. The molecule has 0 rings (SSSR count). The second-order valence-corrected chi connectivity index (χ2v) is 6.09. The van der Waals surface area contributed by atoms with Gasteiger partial charge < -0.3 is 0 Å². The monoisotopic (exact) mass is 607 g/mol. The first-order valence-corrected chi connectivity index (χ1v) is 7.60. The summed E-state index contributed by atoms with van der Waals surface area (Å²) in [6.45, 7) is -3.88. The summed E-state index contributed by atoms with van der Waals surface area (Å²) in [6, 6.07) is -0.998. The van der Waals surface area contributed by atoms with Gasteiger partial charge in [-0.2, -0.15) is 93.1 Å². The van der Waals surface area contributed by atoms with Gasteiger partial charge in [0.2, 0.25) is 0 Å². The zero-order valence-electron chi connectivity index (χ0n) is 15.8. The first kappa shape index (κ1) is 34.9. The third-order valence-electron chi connectivity index (χ3n) is 3.39. The summed E-state index contributed by atoms with van der Waals surface area (Å²) in [6.07, 6.45) is -47.6. The lowest BCUT2D eigenvalue weighted by atomic mass is 10.2. The van der Waals surface area contributed by atoms with Gasteiger partial charge in [0, 0.05) is 0 Å². The van der Waals surface area contributed by atoms with Crippen molar-refractivity contribution in [1.29, 1.82) is 5.26 Å². The number of nitriles is 1. The molecule has 0 saturated carbocycles. The molecule has 220 valence electrons. The smallest absolute Gasteiger partial charge is 0.263 e. The van der Waals surface area contributed by atoms with E-state index in [2.05, 4.69) is 0 Å². The van der Waals surface area contributed by atoms with E-state index in [-0.39, 0.29) is 0 Å². The molecule has 0 amide bonds. The Labute approximate surface area is 186 Å². The second-order valence-electron chi connectivity index (χ2n) is 6.09. The molecule has 37 heavy (non-hydrogen) atoms. The third kappa shape index (κ3) is 5.99. The zero-order chi connectivity index (χ0) is 30.5. The Morgan fingerprint density at radius 3 is 1.00 bits per heavy atom. The molecule has 0 aromatic rings. The number of hydrogen-bond acceptors (Lipinski definition) is 4. The molecule has 0 aromatic carbocycles. The van der Waals surface area contributed by atoms with Crippen LogP contribution in [0.25, 0.3) is 0 Å². The summed E-state index contributed by atoms with van der Waals surface area (Å²) in [5.41, 5.74) is 0. The minimum absolute atomic E-state index is 0.998. The number of hydrogen-bond donors (Lipinski definition) is 0. The van der Waals surface area contributed by atoms with Crippen molar-refractivity contribution >= 4 is 0 Å². The summed E-state index contributed by atoms with van der Waals surface area (Å²) >= 11 is 0. The predicted molar refractivity (Wildman–Crippen MR) is 64.3 cm³/mol. The maximum atomic E-state index is 13.9. The van der Waals surface area contributed by atoms with Crippen molar-refractivity contribution in [2.45, 2.75) is 60.3 Å². The van der Waals surface area contributed by atoms with Crippen LogP contribution in [0.15, 0.2) is 0 Å². The average Bonchev–Trinajstić information content (AvgIpc) is 2.63. The van der Waals surface area contributed by atoms with E-state index < -0.39 is 73.1 Å². The fourth-order valence-electron chi connectivity index (χ4n) is 1.52. The fourth-order valence-corrected chi connectivity index (χ4v) is 1.52. The van der Waals surface area contributed by atoms with Gasteiger partial charge >= 0.3 is 60.3 Å². The maximum Gasteiger partial charge on any atom is 0.463 e. The van der Waals surface area contributed by atoms with E-state index in [1.807, 2.05) is 0 Å². The fraction of sp³-hybridized carbons (Fsp3) is 0.917. The van der Waals surface area contributed by atoms with Gasteiger partial charge in [0.25, 0.3) is 0 Å². The van der Waals surface area contributed by atoms with Gasteiger partial charge in [-0.15, -0.1) is 0 Å². The van der Waals surface area contributed by atoms with Crippen LogP contribution in [0.1, 0.15) is 0 Å². The van der Waals surface area contributed by atoms with Crippen LogP contribution < -0.4 is 0 Å². The number of alkyl halides is 21. The van der Waals surface area contributed by atoms with Gasteiger partial charge in [-0.25, -0.2) is 4.39 Å². The molecule has 0 heterocycles. The summed E-state index contributed by atoms with van der Waals surface area (Å²) in [5, 5.41) is 7.84. The standard InChI is InChI=1S/C12H2F21NO3/c13-1-3(14,15)10(28,29)36-6(18,9(25,26)27)12(32,33)37-5(17,8(22,23)24)11(30,31)35-4(16,2-34)7(19,20)21/h1H2. The topological polar surface area (TPSA) is 51.5 Å². The third-order valence-corrected chi connectivity index (χ3v) is 3.39. The molecule has 0 aromatic heterocycles. The lowest BCUT2D eigenvalue weighted by Gasteiger charge is -2.42. The highest BCUT2D eigenvalue weighted by molar-refractivity contribution is 5.02. The molecule has 0 fully saturated rings. The van der Waals surface area contributed by atoms with Crippen LogP contribution in [0.3, 0.4) is 0 Å². The van der Waals surface area contributed by atoms with E-state index in [1.54, 1.807) is 4.74 Å². The van der Waals surface area contributed by atoms with E-state index in [9.17, 15) is 92.2 Å². The van der Waals surface area contributed by atoms with Gasteiger partial charge in [0.05, 0.1) is 0 Å². The molecule has 0 aliphatic rings. The average molecular weight is 607 g/mol. The van der Waals surface area contributed by atoms with E-state index in [1.165, 1.54) is 9.47 Å². The largest absolute Gasteiger partial charge is 0.463 e. The molecule has 3 atom stereocenters. The summed E-state index contributed by atoms with van der Waals surface area (Å²) < 4.78 is 276. The first-order chi connectivity index (χ1) is 15.7. The normalized spacial score (nSPS) is 20.0. The van der Waals surface area contributed by atoms with E-state index in [0.29, 0.717) is 0 Å². The summed E-state index contributed by atoms with van der Waals surface area (Å²) in [5.74, 6) is -30.2. The SMILES string of the molecule is N#CC(F)(OC(F)(F)C(F)(OC(F)(F)C(F)(OC(F)(F)C(F)(F)CF)C(F)(F)F)C(F)(F)F)C(F)(F)F. The quantitative estimate of drug-likeness (QED) is 0.262. The van der Waals surface area contributed by atoms with Crippen molar-refractivity contribution in [1.82, 2.24) is 0 Å². The van der Waals surface area contributed by atoms with Crippen molar-refractivity contribution in [2.24, 2.45) is 0 Å². The Balaban J connectivity index is 7.05. The van der Waals surface area contributed by atoms with Gasteiger partial charge in [-0.1, -0.05) is 0 Å². The van der Waals surface area contributed by atoms with Crippen LogP contribution in [0.5, 0.6) is 0 Å². The van der Waals surface area contributed by atoms with Crippen LogP contribution in [0.4, 0.5) is 92.2 Å². The predicted octanol–water partition coefficient (Wildman–Crippen LogP) is 6.63. The zero-order valence-corrected chi connectivity index (χ0v) is 15.8. The lowest BCUT2D eigenvalue weighted by Crippen LogP contribution is -2.70. The van der Waals surface area contributed by atoms with Gasteiger partial charge in [-0.05, 0) is 0 Å². The minimum atomic E-state index is -8.43. The Bertz CT molecular complexity index is 857. The molecule has 0 aliphatic heterocycles. The molecule has 0 spiro atoms. The molecule has 0 bridgehead atoms. The summed E-state index contributed by atoms with van der Waals surface area (Å²) in [4.78, 5) is 0. The Morgan fingerprint density at radius 1 is 0.459 bits per heavy atom. The van der Waals surface area contributed by atoms with Crippen molar-refractivity contribution in [3.63, 3.8) is 0 Å². The van der Waals surface area contributed by atoms with Crippen molar-refractivity contribution < 1.29 is 106 Å².